The van der Waals surface area contributed by atoms with Gasteiger partial charge in [0.05, 0.1) is 12.4 Å². The highest BCUT2D eigenvalue weighted by molar-refractivity contribution is 6.00. The fraction of sp³-hybridized carbons (Fsp3) is 0.0714. The van der Waals surface area contributed by atoms with Gasteiger partial charge in [0, 0.05) is 45.3 Å². The Morgan fingerprint density at radius 1 is 0.658 bits per heavy atom. The Morgan fingerprint density at radius 2 is 1.08 bits per heavy atom. The summed E-state index contributed by atoms with van der Waals surface area (Å²) in [4.78, 5) is 30.4. The number of aromatic nitrogens is 2. The van der Waals surface area contributed by atoms with E-state index in [1.807, 2.05) is 60.9 Å². The monoisotopic (exact) mass is 508 g/mol. The van der Waals surface area contributed by atoms with E-state index < -0.39 is 11.8 Å². The van der Waals surface area contributed by atoms with E-state index in [0.29, 0.717) is 11.5 Å². The molecule has 38 heavy (non-hydrogen) atoms. The molecule has 0 radical (unpaired) electrons. The minimum Gasteiger partial charge on any atom is -0.484 e. The van der Waals surface area contributed by atoms with E-state index >= 15 is 0 Å². The molecule has 5 aromatic rings. The second-order valence-electron chi connectivity index (χ2n) is 8.21. The molecule has 10 heteroatoms. The van der Waals surface area contributed by atoms with Crippen molar-refractivity contribution in [3.05, 3.63) is 96.3 Å². The quantitative estimate of drug-likeness (QED) is 0.169. The van der Waals surface area contributed by atoms with Crippen LogP contribution in [0.4, 0.5) is 0 Å². The molecule has 5 rings (SSSR count). The maximum atomic E-state index is 12.0. The Morgan fingerprint density at radius 3 is 1.53 bits per heavy atom. The molecule has 0 aliphatic rings. The van der Waals surface area contributed by atoms with Gasteiger partial charge in [-0.15, -0.1) is 0 Å². The zero-order valence-electron chi connectivity index (χ0n) is 20.2. The Bertz CT molecular complexity index is 1500. The van der Waals surface area contributed by atoms with E-state index in [1.54, 1.807) is 36.7 Å². The molecular weight excluding hydrogens is 484 g/mol. The summed E-state index contributed by atoms with van der Waals surface area (Å²) in [7, 11) is 0. The van der Waals surface area contributed by atoms with Crippen LogP contribution in [0.1, 0.15) is 11.1 Å². The number of carbonyl (C=O) groups excluding carboxylic acids is 2. The van der Waals surface area contributed by atoms with Crippen molar-refractivity contribution in [2.24, 2.45) is 10.2 Å². The number of nitrogens with one attached hydrogen (secondary N) is 4. The summed E-state index contributed by atoms with van der Waals surface area (Å²) in [5.74, 6) is 0.152. The highest BCUT2D eigenvalue weighted by Crippen LogP contribution is 2.18. The van der Waals surface area contributed by atoms with E-state index in [4.69, 9.17) is 9.47 Å². The minimum absolute atomic E-state index is 0.206. The van der Waals surface area contributed by atoms with Crippen molar-refractivity contribution < 1.29 is 19.1 Å². The van der Waals surface area contributed by atoms with Crippen molar-refractivity contribution in [3.63, 3.8) is 0 Å². The summed E-state index contributed by atoms with van der Waals surface area (Å²) in [6.07, 6.45) is 6.80. The standard InChI is InChI=1S/C28H24N6O4/c35-27(33-31-15-19-13-29-25-7-3-1-5-23(19)25)17-37-21-9-11-22(12-10-21)38-18-28(36)34-32-16-20-14-30-26-8-4-2-6-24(20)26/h1-16,29-30H,17-18H2,(H,33,35)(H,34,36)/b31-15-,32-16-. The topological polar surface area (TPSA) is 133 Å². The zero-order chi connectivity index (χ0) is 26.2. The number of hydrogen-bond donors (Lipinski definition) is 4. The molecule has 0 spiro atoms. The third-order valence-corrected chi connectivity index (χ3v) is 5.59. The van der Waals surface area contributed by atoms with Gasteiger partial charge in [0.1, 0.15) is 11.5 Å². The van der Waals surface area contributed by atoms with Crippen molar-refractivity contribution in [2.45, 2.75) is 0 Å². The molecule has 0 unspecified atom stereocenters. The normalized spacial score (nSPS) is 11.4. The molecule has 190 valence electrons. The van der Waals surface area contributed by atoms with E-state index in [-0.39, 0.29) is 13.2 Å². The van der Waals surface area contributed by atoms with E-state index in [0.717, 1.165) is 32.9 Å². The second kappa shape index (κ2) is 11.6. The van der Waals surface area contributed by atoms with Crippen LogP contribution in [0.15, 0.2) is 95.4 Å². The second-order valence-corrected chi connectivity index (χ2v) is 8.21. The molecule has 0 aliphatic heterocycles. The first-order valence-corrected chi connectivity index (χ1v) is 11.8. The van der Waals surface area contributed by atoms with Gasteiger partial charge in [0.2, 0.25) is 0 Å². The van der Waals surface area contributed by atoms with Crippen molar-refractivity contribution in [1.82, 2.24) is 20.8 Å². The zero-order valence-corrected chi connectivity index (χ0v) is 20.2. The molecule has 2 amide bonds. The molecule has 0 atom stereocenters. The largest absolute Gasteiger partial charge is 0.484 e. The number of aromatic amines is 2. The van der Waals surface area contributed by atoms with Crippen LogP contribution in [0.3, 0.4) is 0 Å². The van der Waals surface area contributed by atoms with Gasteiger partial charge in [0.25, 0.3) is 11.8 Å². The molecule has 0 fully saturated rings. The average molecular weight is 509 g/mol. The lowest BCUT2D eigenvalue weighted by Crippen LogP contribution is -2.25. The van der Waals surface area contributed by atoms with E-state index in [9.17, 15) is 9.59 Å². The van der Waals surface area contributed by atoms with Crippen LogP contribution in [-0.2, 0) is 9.59 Å². The van der Waals surface area contributed by atoms with Gasteiger partial charge in [-0.1, -0.05) is 36.4 Å². The molecule has 10 nitrogen and oxygen atoms in total. The molecule has 0 bridgehead atoms. The number of amides is 2. The molecule has 0 saturated carbocycles. The number of para-hydroxylation sites is 2. The van der Waals surface area contributed by atoms with Crippen LogP contribution in [0, 0.1) is 0 Å². The number of hydrazone groups is 2. The van der Waals surface area contributed by atoms with Crippen molar-refractivity contribution in [3.8, 4) is 11.5 Å². The van der Waals surface area contributed by atoms with Gasteiger partial charge < -0.3 is 19.4 Å². The third-order valence-electron chi connectivity index (χ3n) is 5.59. The van der Waals surface area contributed by atoms with E-state index in [1.165, 1.54) is 0 Å². The van der Waals surface area contributed by atoms with Crippen LogP contribution in [0.5, 0.6) is 11.5 Å². The first-order chi connectivity index (χ1) is 18.7. The van der Waals surface area contributed by atoms with Gasteiger partial charge in [-0.05, 0) is 36.4 Å². The third kappa shape index (κ3) is 6.05. The highest BCUT2D eigenvalue weighted by atomic mass is 16.5. The number of nitrogens with zero attached hydrogens (tertiary/aromatic N) is 2. The lowest BCUT2D eigenvalue weighted by atomic mass is 10.2. The number of benzene rings is 3. The Balaban J connectivity index is 1.02. The molecule has 4 N–H and O–H groups in total. The van der Waals surface area contributed by atoms with Gasteiger partial charge in [-0.25, -0.2) is 10.9 Å². The molecular formula is C28H24N6O4. The fourth-order valence-corrected chi connectivity index (χ4v) is 3.74. The van der Waals surface area contributed by atoms with E-state index in [2.05, 4.69) is 31.0 Å². The summed E-state index contributed by atoms with van der Waals surface area (Å²) in [6, 6.07) is 22.2. The number of hydrogen-bond acceptors (Lipinski definition) is 6. The van der Waals surface area contributed by atoms with Crippen molar-refractivity contribution in [1.29, 1.82) is 0 Å². The van der Waals surface area contributed by atoms with Gasteiger partial charge in [-0.2, -0.15) is 10.2 Å². The predicted molar refractivity (Wildman–Crippen MR) is 146 cm³/mol. The smallest absolute Gasteiger partial charge is 0.277 e. The van der Waals surface area contributed by atoms with Gasteiger partial charge in [0.15, 0.2) is 13.2 Å². The van der Waals surface area contributed by atoms with Crippen LogP contribution < -0.4 is 20.3 Å². The maximum Gasteiger partial charge on any atom is 0.277 e. The molecule has 0 saturated heterocycles. The first-order valence-electron chi connectivity index (χ1n) is 11.8. The maximum absolute atomic E-state index is 12.0. The lowest BCUT2D eigenvalue weighted by molar-refractivity contribution is -0.123. The highest BCUT2D eigenvalue weighted by Gasteiger charge is 2.05. The Kier molecular flexibility index (Phi) is 7.40. The lowest BCUT2D eigenvalue weighted by Gasteiger charge is -2.07. The van der Waals surface area contributed by atoms with Crippen molar-refractivity contribution in [2.75, 3.05) is 13.2 Å². The average Bonchev–Trinajstić information content (AvgIpc) is 3.56. The number of rotatable bonds is 10. The predicted octanol–water partition coefficient (Wildman–Crippen LogP) is 3.71. The first kappa shape index (κ1) is 24.3. The van der Waals surface area contributed by atoms with Crippen molar-refractivity contribution >= 4 is 46.0 Å². The number of H-pyrrole nitrogens is 2. The minimum atomic E-state index is -0.397. The van der Waals surface area contributed by atoms with Crippen LogP contribution in [-0.4, -0.2) is 47.4 Å². The summed E-state index contributed by atoms with van der Waals surface area (Å²) in [5, 5.41) is 10.00. The summed E-state index contributed by atoms with van der Waals surface area (Å²) in [5.41, 5.74) is 8.61. The fourth-order valence-electron chi connectivity index (χ4n) is 3.74. The molecule has 2 aromatic heterocycles. The van der Waals surface area contributed by atoms with Crippen LogP contribution in [0.25, 0.3) is 21.8 Å². The SMILES string of the molecule is O=C(COc1ccc(OCC(=O)N/N=C\c2c[nH]c3ccccc23)cc1)N/N=C\c1c[nH]c2ccccc12. The number of fused-ring (bicyclic) bond motifs is 2. The number of carbonyl (C=O) groups is 2. The van der Waals surface area contributed by atoms with Gasteiger partial charge >= 0.3 is 0 Å². The Hall–Kier alpha value is -5.38. The van der Waals surface area contributed by atoms with Gasteiger partial charge in [-0.3, -0.25) is 9.59 Å². The van der Waals surface area contributed by atoms with Crippen LogP contribution in [0.2, 0.25) is 0 Å². The van der Waals surface area contributed by atoms with Crippen LogP contribution >= 0.6 is 0 Å². The summed E-state index contributed by atoms with van der Waals surface area (Å²) in [6.45, 7) is -0.412. The molecule has 2 heterocycles. The molecule has 0 aliphatic carbocycles. The Labute approximate surface area is 217 Å². The number of ether oxygens (including phenoxy) is 2. The summed E-state index contributed by atoms with van der Waals surface area (Å²) >= 11 is 0. The molecule has 3 aromatic carbocycles. The summed E-state index contributed by atoms with van der Waals surface area (Å²) < 4.78 is 11.0.